The summed E-state index contributed by atoms with van der Waals surface area (Å²) < 4.78 is 7.28. The molecule has 8 heteroatoms. The summed E-state index contributed by atoms with van der Waals surface area (Å²) in [5.41, 5.74) is -0.738. The van der Waals surface area contributed by atoms with Crippen molar-refractivity contribution in [3.63, 3.8) is 0 Å². The van der Waals surface area contributed by atoms with Crippen LogP contribution in [0, 0.1) is 11.3 Å². The van der Waals surface area contributed by atoms with Gasteiger partial charge in [0, 0.05) is 6.54 Å². The summed E-state index contributed by atoms with van der Waals surface area (Å²) in [7, 11) is 0. The third kappa shape index (κ3) is 4.25. The number of amides is 1. The van der Waals surface area contributed by atoms with Gasteiger partial charge in [0.2, 0.25) is 11.7 Å². The van der Waals surface area contributed by atoms with Gasteiger partial charge in [-0.3, -0.25) is 9.36 Å². The maximum Gasteiger partial charge on any atom is 0.234 e. The van der Waals surface area contributed by atoms with Crippen LogP contribution in [-0.2, 0) is 11.3 Å². The Kier molecular flexibility index (Phi) is 6.01. The van der Waals surface area contributed by atoms with E-state index < -0.39 is 10.8 Å². The van der Waals surface area contributed by atoms with Gasteiger partial charge in [-0.25, -0.2) is 0 Å². The minimum absolute atomic E-state index is 0.156. The average molecular weight is 385 g/mol. The third-order valence-electron chi connectivity index (χ3n) is 4.71. The molecule has 0 spiro atoms. The normalized spacial score (nSPS) is 17.0. The van der Waals surface area contributed by atoms with Gasteiger partial charge in [0.25, 0.3) is 0 Å². The zero-order valence-electron chi connectivity index (χ0n) is 15.4. The van der Waals surface area contributed by atoms with Gasteiger partial charge in [0.15, 0.2) is 10.9 Å². The third-order valence-corrected chi connectivity index (χ3v) is 5.79. The molecule has 1 aliphatic rings. The van der Waals surface area contributed by atoms with E-state index in [1.807, 2.05) is 17.6 Å². The average Bonchev–Trinajstić information content (AvgIpc) is 3.33. The minimum atomic E-state index is -0.738. The monoisotopic (exact) mass is 385 g/mol. The number of carbonyl (C=O) groups excluding carboxylic acids is 1. The van der Waals surface area contributed by atoms with E-state index in [9.17, 15) is 10.1 Å². The fourth-order valence-corrected chi connectivity index (χ4v) is 4.09. The molecule has 2 heterocycles. The summed E-state index contributed by atoms with van der Waals surface area (Å²) in [6.07, 6.45) is 7.80. The standard InChI is InChI=1S/C19H23N5O2S/c1-3-11-24-16(15-8-7-12-26-15)22-23-18(24)27-14(2)17(25)21-19(13-20)9-5-4-6-10-19/h3,7-8,12,14H,1,4-6,9-11H2,2H3,(H,21,25). The molecule has 1 N–H and O–H groups in total. The Bertz CT molecular complexity index is 831. The minimum Gasteiger partial charge on any atom is -0.461 e. The smallest absolute Gasteiger partial charge is 0.234 e. The highest BCUT2D eigenvalue weighted by atomic mass is 32.2. The van der Waals surface area contributed by atoms with E-state index in [2.05, 4.69) is 28.2 Å². The van der Waals surface area contributed by atoms with Crippen molar-refractivity contribution in [2.45, 2.75) is 61.5 Å². The maximum absolute atomic E-state index is 12.7. The fraction of sp³-hybridized carbons (Fsp3) is 0.474. The van der Waals surface area contributed by atoms with Gasteiger partial charge in [-0.1, -0.05) is 37.1 Å². The molecule has 1 aliphatic carbocycles. The van der Waals surface area contributed by atoms with Crippen LogP contribution in [0.4, 0.5) is 0 Å². The molecule has 1 saturated carbocycles. The largest absolute Gasteiger partial charge is 0.461 e. The Hall–Kier alpha value is -2.53. The Morgan fingerprint density at radius 1 is 1.52 bits per heavy atom. The maximum atomic E-state index is 12.7. The van der Waals surface area contributed by atoms with Gasteiger partial charge in [-0.15, -0.1) is 16.8 Å². The van der Waals surface area contributed by atoms with Crippen LogP contribution < -0.4 is 5.32 Å². The van der Waals surface area contributed by atoms with Crippen molar-refractivity contribution in [1.82, 2.24) is 20.1 Å². The van der Waals surface area contributed by atoms with Crippen LogP contribution in [-0.4, -0.2) is 31.5 Å². The van der Waals surface area contributed by atoms with Crippen molar-refractivity contribution in [2.24, 2.45) is 0 Å². The summed E-state index contributed by atoms with van der Waals surface area (Å²) in [6, 6.07) is 5.92. The molecule has 2 aromatic rings. The Morgan fingerprint density at radius 3 is 2.93 bits per heavy atom. The van der Waals surface area contributed by atoms with Gasteiger partial charge in [0.05, 0.1) is 17.6 Å². The van der Waals surface area contributed by atoms with Crippen molar-refractivity contribution in [3.05, 3.63) is 31.1 Å². The van der Waals surface area contributed by atoms with Crippen LogP contribution in [0.25, 0.3) is 11.6 Å². The highest BCUT2D eigenvalue weighted by Crippen LogP contribution is 2.30. The molecule has 27 heavy (non-hydrogen) atoms. The number of rotatable bonds is 7. The molecule has 3 rings (SSSR count). The van der Waals surface area contributed by atoms with Gasteiger partial charge in [0.1, 0.15) is 5.54 Å². The van der Waals surface area contributed by atoms with Crippen molar-refractivity contribution < 1.29 is 9.21 Å². The van der Waals surface area contributed by atoms with E-state index in [1.165, 1.54) is 11.8 Å². The number of hydrogen-bond donors (Lipinski definition) is 1. The van der Waals surface area contributed by atoms with Crippen molar-refractivity contribution in [2.75, 3.05) is 0 Å². The SMILES string of the molecule is C=CCn1c(SC(C)C(=O)NC2(C#N)CCCCC2)nnc1-c1ccco1. The first-order valence-electron chi connectivity index (χ1n) is 9.06. The molecule has 1 amide bonds. The van der Waals surface area contributed by atoms with Gasteiger partial charge in [-0.05, 0) is 31.9 Å². The Labute approximate surface area is 162 Å². The van der Waals surface area contributed by atoms with Crippen molar-refractivity contribution in [1.29, 1.82) is 5.26 Å². The first-order valence-corrected chi connectivity index (χ1v) is 9.94. The molecule has 0 aliphatic heterocycles. The van der Waals surface area contributed by atoms with E-state index in [0.717, 1.165) is 19.3 Å². The Morgan fingerprint density at radius 2 is 2.30 bits per heavy atom. The number of nitriles is 1. The van der Waals surface area contributed by atoms with Gasteiger partial charge >= 0.3 is 0 Å². The number of carbonyl (C=O) groups is 1. The van der Waals surface area contributed by atoms with Gasteiger partial charge < -0.3 is 9.73 Å². The lowest BCUT2D eigenvalue weighted by molar-refractivity contribution is -0.121. The van der Waals surface area contributed by atoms with E-state index in [0.29, 0.717) is 36.1 Å². The summed E-state index contributed by atoms with van der Waals surface area (Å²) in [6.45, 7) is 6.09. The summed E-state index contributed by atoms with van der Waals surface area (Å²) in [4.78, 5) is 12.7. The first kappa shape index (κ1) is 19.2. The highest BCUT2D eigenvalue weighted by Gasteiger charge is 2.35. The number of hydrogen-bond acceptors (Lipinski definition) is 6. The second-order valence-corrected chi connectivity index (χ2v) is 7.99. The van der Waals surface area contributed by atoms with Crippen LogP contribution in [0.5, 0.6) is 0 Å². The molecule has 1 unspecified atom stereocenters. The van der Waals surface area contributed by atoms with Crippen molar-refractivity contribution >= 4 is 17.7 Å². The van der Waals surface area contributed by atoms with Crippen LogP contribution in [0.1, 0.15) is 39.0 Å². The molecule has 2 aromatic heterocycles. The molecular formula is C19H23N5O2S. The molecule has 0 radical (unpaired) electrons. The molecule has 142 valence electrons. The zero-order valence-corrected chi connectivity index (χ0v) is 16.2. The van der Waals surface area contributed by atoms with Crippen LogP contribution in [0.2, 0.25) is 0 Å². The molecule has 7 nitrogen and oxygen atoms in total. The lowest BCUT2D eigenvalue weighted by atomic mass is 9.83. The van der Waals surface area contributed by atoms with Crippen molar-refractivity contribution in [3.8, 4) is 17.7 Å². The van der Waals surface area contributed by atoms with Crippen LogP contribution in [0.15, 0.2) is 40.6 Å². The number of nitrogens with one attached hydrogen (secondary N) is 1. The molecule has 1 fully saturated rings. The Balaban J connectivity index is 1.73. The number of furan rings is 1. The fourth-order valence-electron chi connectivity index (χ4n) is 3.23. The van der Waals surface area contributed by atoms with E-state index >= 15 is 0 Å². The van der Waals surface area contributed by atoms with E-state index in [1.54, 1.807) is 18.4 Å². The lowest BCUT2D eigenvalue weighted by Crippen LogP contribution is -2.51. The summed E-state index contributed by atoms with van der Waals surface area (Å²) in [5.74, 6) is 1.05. The highest BCUT2D eigenvalue weighted by molar-refractivity contribution is 8.00. The van der Waals surface area contributed by atoms with Crippen LogP contribution >= 0.6 is 11.8 Å². The predicted octanol–water partition coefficient (Wildman–Crippen LogP) is 3.55. The molecule has 0 saturated heterocycles. The predicted molar refractivity (Wildman–Crippen MR) is 103 cm³/mol. The second kappa shape index (κ2) is 8.44. The number of allylic oxidation sites excluding steroid dienone is 1. The molecular weight excluding hydrogens is 362 g/mol. The number of nitrogens with zero attached hydrogens (tertiary/aromatic N) is 4. The first-order chi connectivity index (χ1) is 13.1. The molecule has 1 atom stereocenters. The molecule has 0 bridgehead atoms. The number of thioether (sulfide) groups is 1. The van der Waals surface area contributed by atoms with Crippen LogP contribution in [0.3, 0.4) is 0 Å². The van der Waals surface area contributed by atoms with E-state index in [4.69, 9.17) is 4.42 Å². The summed E-state index contributed by atoms with van der Waals surface area (Å²) in [5, 5.41) is 21.2. The topological polar surface area (TPSA) is 96.7 Å². The number of aromatic nitrogens is 3. The molecule has 0 aromatic carbocycles. The van der Waals surface area contributed by atoms with E-state index in [-0.39, 0.29) is 5.91 Å². The zero-order chi connectivity index (χ0) is 19.3. The lowest BCUT2D eigenvalue weighted by Gasteiger charge is -2.32. The quantitative estimate of drug-likeness (QED) is 0.578. The summed E-state index contributed by atoms with van der Waals surface area (Å²) >= 11 is 1.31. The second-order valence-electron chi connectivity index (χ2n) is 6.69. The van der Waals surface area contributed by atoms with Gasteiger partial charge in [-0.2, -0.15) is 5.26 Å².